The van der Waals surface area contributed by atoms with Crippen molar-refractivity contribution in [1.82, 2.24) is 9.55 Å². The van der Waals surface area contributed by atoms with Gasteiger partial charge in [-0.1, -0.05) is 32.1 Å². The normalized spacial score (nSPS) is 16.2. The van der Waals surface area contributed by atoms with Crippen LogP contribution in [0, 0.1) is 11.7 Å². The lowest BCUT2D eigenvalue weighted by molar-refractivity contribution is -0.119. The highest BCUT2D eigenvalue weighted by molar-refractivity contribution is 7.14. The molecule has 2 heterocycles. The van der Waals surface area contributed by atoms with E-state index in [9.17, 15) is 14.0 Å². The maximum Gasteiger partial charge on any atom is 0.261 e. The molecule has 146 valence electrons. The standard InChI is InChI=1S/C21H22FN3O2S/c22-15-8-9-16-17(12-15)23-13-25(21(16)27)18(11-14-5-2-1-3-6-14)20(26)24-19-7-4-10-28-19/h4,7-10,12-14,18H,1-3,5-6,11H2,(H,24,26). The second-order valence-electron chi connectivity index (χ2n) is 7.34. The number of halogens is 1. The van der Waals surface area contributed by atoms with Crippen LogP contribution in [0.3, 0.4) is 0 Å². The zero-order valence-corrected chi connectivity index (χ0v) is 16.3. The Morgan fingerprint density at radius 3 is 2.86 bits per heavy atom. The third-order valence-corrected chi connectivity index (χ3v) is 6.22. The van der Waals surface area contributed by atoms with E-state index >= 15 is 0 Å². The number of anilines is 1. The summed E-state index contributed by atoms with van der Waals surface area (Å²) in [5.41, 5.74) is -0.0107. The topological polar surface area (TPSA) is 64.0 Å². The molecule has 0 spiro atoms. The molecule has 1 saturated carbocycles. The third kappa shape index (κ3) is 3.99. The van der Waals surface area contributed by atoms with Crippen LogP contribution >= 0.6 is 11.3 Å². The SMILES string of the molecule is O=C(Nc1cccs1)C(CC1CCCCC1)n1cnc2cc(F)ccc2c1=O. The molecule has 4 rings (SSSR count). The average molecular weight is 399 g/mol. The van der Waals surface area contributed by atoms with Crippen molar-refractivity contribution in [3.63, 3.8) is 0 Å². The van der Waals surface area contributed by atoms with Crippen molar-refractivity contribution in [1.29, 1.82) is 0 Å². The number of fused-ring (bicyclic) bond motifs is 1. The summed E-state index contributed by atoms with van der Waals surface area (Å²) in [6.07, 6.45) is 7.68. The number of rotatable bonds is 5. The van der Waals surface area contributed by atoms with Gasteiger partial charge in [-0.25, -0.2) is 9.37 Å². The molecule has 2 aromatic heterocycles. The fourth-order valence-corrected chi connectivity index (χ4v) is 4.59. The molecule has 1 amide bonds. The van der Waals surface area contributed by atoms with Crippen LogP contribution < -0.4 is 10.9 Å². The minimum Gasteiger partial charge on any atom is -0.316 e. The molecule has 1 aromatic carbocycles. The average Bonchev–Trinajstić information content (AvgIpc) is 3.20. The highest BCUT2D eigenvalue weighted by Gasteiger charge is 2.27. The van der Waals surface area contributed by atoms with Gasteiger partial charge >= 0.3 is 0 Å². The van der Waals surface area contributed by atoms with Crippen LogP contribution in [0.5, 0.6) is 0 Å². The van der Waals surface area contributed by atoms with E-state index in [2.05, 4.69) is 10.3 Å². The van der Waals surface area contributed by atoms with E-state index in [0.29, 0.717) is 23.2 Å². The second-order valence-corrected chi connectivity index (χ2v) is 8.29. The van der Waals surface area contributed by atoms with Gasteiger partial charge in [0.2, 0.25) is 5.91 Å². The molecular formula is C21H22FN3O2S. The van der Waals surface area contributed by atoms with Gasteiger partial charge in [-0.3, -0.25) is 14.2 Å². The Morgan fingerprint density at radius 2 is 2.11 bits per heavy atom. The second kappa shape index (κ2) is 8.22. The van der Waals surface area contributed by atoms with Gasteiger partial charge in [0.15, 0.2) is 0 Å². The quantitative estimate of drug-likeness (QED) is 0.674. The summed E-state index contributed by atoms with van der Waals surface area (Å²) in [6, 6.07) is 6.99. The van der Waals surface area contributed by atoms with E-state index in [1.807, 2.05) is 17.5 Å². The van der Waals surface area contributed by atoms with E-state index in [-0.39, 0.29) is 11.5 Å². The van der Waals surface area contributed by atoms with Crippen molar-refractivity contribution < 1.29 is 9.18 Å². The number of nitrogens with one attached hydrogen (secondary N) is 1. The Labute approximate surface area is 166 Å². The van der Waals surface area contributed by atoms with Crippen LogP contribution in [0.1, 0.15) is 44.6 Å². The van der Waals surface area contributed by atoms with E-state index in [4.69, 9.17) is 0 Å². The molecule has 3 aromatic rings. The number of carbonyl (C=O) groups excluding carboxylic acids is 1. The molecule has 0 aliphatic heterocycles. The maximum absolute atomic E-state index is 13.5. The zero-order chi connectivity index (χ0) is 19.5. The largest absolute Gasteiger partial charge is 0.316 e. The van der Waals surface area contributed by atoms with Gasteiger partial charge < -0.3 is 5.32 Å². The molecule has 1 N–H and O–H groups in total. The number of carbonyl (C=O) groups is 1. The van der Waals surface area contributed by atoms with Crippen molar-refractivity contribution in [2.24, 2.45) is 5.92 Å². The van der Waals surface area contributed by atoms with Crippen molar-refractivity contribution >= 4 is 33.1 Å². The first kappa shape index (κ1) is 18.8. The Balaban J connectivity index is 1.70. The predicted molar refractivity (Wildman–Crippen MR) is 109 cm³/mol. The molecule has 1 aliphatic carbocycles. The van der Waals surface area contributed by atoms with Crippen molar-refractivity contribution in [3.8, 4) is 0 Å². The molecular weight excluding hydrogens is 377 g/mol. The van der Waals surface area contributed by atoms with Crippen molar-refractivity contribution in [2.75, 3.05) is 5.32 Å². The van der Waals surface area contributed by atoms with E-state index in [1.54, 1.807) is 0 Å². The summed E-state index contributed by atoms with van der Waals surface area (Å²) in [5.74, 6) is -0.242. The first-order chi connectivity index (χ1) is 13.6. The Kier molecular flexibility index (Phi) is 5.52. The number of amides is 1. The molecule has 0 saturated heterocycles. The van der Waals surface area contributed by atoms with Crippen LogP contribution in [0.15, 0.2) is 46.8 Å². The lowest BCUT2D eigenvalue weighted by Crippen LogP contribution is -2.35. The Hall–Kier alpha value is -2.54. The van der Waals surface area contributed by atoms with E-state index < -0.39 is 11.9 Å². The number of thiophene rings is 1. The number of nitrogens with zero attached hydrogens (tertiary/aromatic N) is 2. The van der Waals surface area contributed by atoms with Crippen molar-refractivity contribution in [2.45, 2.75) is 44.6 Å². The third-order valence-electron chi connectivity index (χ3n) is 5.43. The first-order valence-corrected chi connectivity index (χ1v) is 10.5. The van der Waals surface area contributed by atoms with Gasteiger partial charge in [0, 0.05) is 6.07 Å². The summed E-state index contributed by atoms with van der Waals surface area (Å²) < 4.78 is 14.9. The minimum absolute atomic E-state index is 0.210. The predicted octanol–water partition coefficient (Wildman–Crippen LogP) is 4.75. The molecule has 1 unspecified atom stereocenters. The molecule has 1 fully saturated rings. The minimum atomic E-state index is -0.639. The maximum atomic E-state index is 13.5. The number of hydrogen-bond donors (Lipinski definition) is 1. The van der Waals surface area contributed by atoms with Gasteiger partial charge in [0.1, 0.15) is 11.9 Å². The Morgan fingerprint density at radius 1 is 1.29 bits per heavy atom. The van der Waals surface area contributed by atoms with Gasteiger partial charge in [-0.05, 0) is 42.0 Å². The summed E-state index contributed by atoms with van der Waals surface area (Å²) in [4.78, 5) is 30.4. The van der Waals surface area contributed by atoms with E-state index in [0.717, 1.165) is 30.7 Å². The zero-order valence-electron chi connectivity index (χ0n) is 15.4. The Bertz CT molecular complexity index is 1030. The smallest absolute Gasteiger partial charge is 0.261 e. The highest BCUT2D eigenvalue weighted by Crippen LogP contribution is 2.31. The molecule has 1 aliphatic rings. The van der Waals surface area contributed by atoms with E-state index in [1.165, 1.54) is 46.9 Å². The molecule has 28 heavy (non-hydrogen) atoms. The van der Waals surface area contributed by atoms with Gasteiger partial charge in [0.05, 0.1) is 22.2 Å². The lowest BCUT2D eigenvalue weighted by Gasteiger charge is -2.27. The monoisotopic (exact) mass is 399 g/mol. The molecule has 7 heteroatoms. The molecule has 0 bridgehead atoms. The van der Waals surface area contributed by atoms with Gasteiger partial charge in [0.25, 0.3) is 5.56 Å². The number of aromatic nitrogens is 2. The van der Waals surface area contributed by atoms with Crippen LogP contribution in [-0.4, -0.2) is 15.5 Å². The molecule has 0 radical (unpaired) electrons. The highest BCUT2D eigenvalue weighted by atomic mass is 32.1. The summed E-state index contributed by atoms with van der Waals surface area (Å²) in [6.45, 7) is 0. The fraction of sp³-hybridized carbons (Fsp3) is 0.381. The number of benzene rings is 1. The van der Waals surface area contributed by atoms with Gasteiger partial charge in [-0.15, -0.1) is 11.3 Å². The number of hydrogen-bond acceptors (Lipinski definition) is 4. The van der Waals surface area contributed by atoms with Crippen LogP contribution in [0.4, 0.5) is 9.39 Å². The summed E-state index contributed by atoms with van der Waals surface area (Å²) in [5, 5.41) is 5.89. The summed E-state index contributed by atoms with van der Waals surface area (Å²) in [7, 11) is 0. The first-order valence-electron chi connectivity index (χ1n) is 9.62. The summed E-state index contributed by atoms with van der Waals surface area (Å²) >= 11 is 1.44. The van der Waals surface area contributed by atoms with Crippen LogP contribution in [0.25, 0.3) is 10.9 Å². The van der Waals surface area contributed by atoms with Crippen LogP contribution in [0.2, 0.25) is 0 Å². The van der Waals surface area contributed by atoms with Gasteiger partial charge in [-0.2, -0.15) is 0 Å². The van der Waals surface area contributed by atoms with Crippen LogP contribution in [-0.2, 0) is 4.79 Å². The lowest BCUT2D eigenvalue weighted by atomic mass is 9.84. The molecule has 1 atom stereocenters. The molecule has 5 nitrogen and oxygen atoms in total. The van der Waals surface area contributed by atoms with Crippen molar-refractivity contribution in [3.05, 3.63) is 58.2 Å². The fourth-order valence-electron chi connectivity index (χ4n) is 3.97.